The molecule has 0 saturated carbocycles. The highest BCUT2D eigenvalue weighted by Crippen LogP contribution is 1.96. The Bertz CT molecular complexity index is 436. The van der Waals surface area contributed by atoms with Gasteiger partial charge in [-0.05, 0) is 18.6 Å². The van der Waals surface area contributed by atoms with Crippen LogP contribution in [0.15, 0.2) is 12.4 Å². The van der Waals surface area contributed by atoms with Crippen molar-refractivity contribution in [2.24, 2.45) is 0 Å². The van der Waals surface area contributed by atoms with E-state index in [2.05, 4.69) is 10.1 Å². The summed E-state index contributed by atoms with van der Waals surface area (Å²) in [5, 5.41) is 3.89. The molecule has 0 saturated heterocycles. The maximum absolute atomic E-state index is 5.54. The molecule has 0 unspecified atom stereocenters. The van der Waals surface area contributed by atoms with E-state index >= 15 is 0 Å². The minimum absolute atomic E-state index is 0. The van der Waals surface area contributed by atoms with Crippen LogP contribution in [0.3, 0.4) is 0 Å². The van der Waals surface area contributed by atoms with E-state index in [1.807, 2.05) is 24.3 Å². The molecule has 13 heavy (non-hydrogen) atoms. The summed E-state index contributed by atoms with van der Waals surface area (Å²) >= 11 is 0. The number of hydrogen-bond acceptors (Lipinski definition) is 3. The Morgan fingerprint density at radius 2 is 2.15 bits per heavy atom. The number of halogens is 1. The molecule has 0 aromatic carbocycles. The first kappa shape index (κ1) is 9.91. The van der Waals surface area contributed by atoms with E-state index in [1.54, 1.807) is 6.33 Å². The van der Waals surface area contributed by atoms with Crippen LogP contribution < -0.4 is 27.2 Å². The Balaban J connectivity index is 0.000000845. The molecule has 2 aromatic rings. The maximum atomic E-state index is 5.54. The van der Waals surface area contributed by atoms with Gasteiger partial charge in [-0.25, -0.2) is 0 Å². The molecule has 2 aromatic heterocycles. The Labute approximate surface area is 85.9 Å². The lowest BCUT2D eigenvalue weighted by Crippen LogP contribution is -3.00. The van der Waals surface area contributed by atoms with Crippen LogP contribution in [0.2, 0.25) is 0 Å². The third-order valence-electron chi connectivity index (χ3n) is 1.79. The predicted molar refractivity (Wildman–Crippen MR) is 42.8 cm³/mol. The normalized spacial score (nSPS) is 10.0. The third-order valence-corrected chi connectivity index (χ3v) is 1.79. The van der Waals surface area contributed by atoms with Crippen molar-refractivity contribution in [2.75, 3.05) is 5.84 Å². The highest BCUT2D eigenvalue weighted by molar-refractivity contribution is 5.19. The summed E-state index contributed by atoms with van der Waals surface area (Å²) in [5.41, 5.74) is 2.02. The molecule has 2 rings (SSSR count). The van der Waals surface area contributed by atoms with E-state index in [0.717, 1.165) is 11.4 Å². The molecule has 0 radical (unpaired) electrons. The van der Waals surface area contributed by atoms with Crippen molar-refractivity contribution in [2.45, 2.75) is 13.8 Å². The molecule has 0 fully saturated rings. The molecule has 0 bridgehead atoms. The van der Waals surface area contributed by atoms with Crippen molar-refractivity contribution in [3.8, 4) is 0 Å². The number of aromatic nitrogens is 4. The Kier molecular flexibility index (Phi) is 2.51. The quantitative estimate of drug-likeness (QED) is 0.384. The summed E-state index contributed by atoms with van der Waals surface area (Å²) in [6.45, 7) is 3.92. The number of hydrogen-bond donors (Lipinski definition) is 1. The molecule has 0 aliphatic carbocycles. The fraction of sp³-hybridized carbons (Fsp3) is 0.286. The van der Waals surface area contributed by atoms with Gasteiger partial charge in [-0.1, -0.05) is 0 Å². The number of aryl methyl sites for hydroxylation is 2. The van der Waals surface area contributed by atoms with E-state index in [4.69, 9.17) is 5.84 Å². The lowest BCUT2D eigenvalue weighted by atomic mass is 10.3. The van der Waals surface area contributed by atoms with Crippen LogP contribution in [-0.4, -0.2) is 14.9 Å². The Morgan fingerprint density at radius 3 is 2.85 bits per heavy atom. The van der Waals surface area contributed by atoms with Gasteiger partial charge >= 0.3 is 5.78 Å². The van der Waals surface area contributed by atoms with E-state index in [1.165, 1.54) is 4.79 Å². The molecular weight excluding hydrogens is 234 g/mol. The van der Waals surface area contributed by atoms with Crippen LogP contribution in [0.1, 0.15) is 11.4 Å². The summed E-state index contributed by atoms with van der Waals surface area (Å²) in [4.78, 5) is 5.50. The first-order valence-electron chi connectivity index (χ1n) is 3.67. The van der Waals surface area contributed by atoms with Gasteiger partial charge in [0, 0.05) is 11.2 Å². The van der Waals surface area contributed by atoms with Gasteiger partial charge in [-0.15, -0.1) is 4.98 Å². The minimum atomic E-state index is 0. The van der Waals surface area contributed by atoms with Gasteiger partial charge in [0.15, 0.2) is 0 Å². The van der Waals surface area contributed by atoms with Crippen molar-refractivity contribution < 1.29 is 21.4 Å². The van der Waals surface area contributed by atoms with Gasteiger partial charge in [-0.3, -0.25) is 5.84 Å². The maximum Gasteiger partial charge on any atom is 0.409 e. The van der Waals surface area contributed by atoms with Crippen molar-refractivity contribution in [1.29, 1.82) is 0 Å². The Hall–Kier alpha value is -1.17. The Morgan fingerprint density at radius 1 is 1.46 bits per heavy atom. The fourth-order valence-electron chi connectivity index (χ4n) is 1.24. The molecule has 70 valence electrons. The highest BCUT2D eigenvalue weighted by atomic mass is 79.9. The molecular formula is C7H10BrN5. The van der Waals surface area contributed by atoms with Gasteiger partial charge in [0.1, 0.15) is 5.69 Å². The highest BCUT2D eigenvalue weighted by Gasteiger charge is 2.11. The number of nitrogen functional groups attached to an aromatic ring is 1. The molecule has 0 atom stereocenters. The topological polar surface area (TPSA) is 60.8 Å². The molecule has 0 amide bonds. The molecule has 0 aliphatic heterocycles. The molecule has 0 aliphatic rings. The summed E-state index contributed by atoms with van der Waals surface area (Å²) in [5.74, 6) is 6.20. The van der Waals surface area contributed by atoms with Crippen molar-refractivity contribution >= 4 is 5.78 Å². The second-order valence-corrected chi connectivity index (χ2v) is 2.78. The van der Waals surface area contributed by atoms with Crippen molar-refractivity contribution in [3.05, 3.63) is 23.8 Å². The van der Waals surface area contributed by atoms with E-state index < -0.39 is 0 Å². The van der Waals surface area contributed by atoms with Crippen molar-refractivity contribution in [1.82, 2.24) is 14.9 Å². The molecule has 2 heterocycles. The summed E-state index contributed by atoms with van der Waals surface area (Å²) in [6.07, 6.45) is 1.65. The summed E-state index contributed by atoms with van der Waals surface area (Å²) in [7, 11) is 0. The number of fused-ring (bicyclic) bond motifs is 1. The monoisotopic (exact) mass is 243 g/mol. The van der Waals surface area contributed by atoms with Gasteiger partial charge in [0.25, 0.3) is 0 Å². The first-order valence-corrected chi connectivity index (χ1v) is 3.67. The van der Waals surface area contributed by atoms with E-state index in [0.29, 0.717) is 5.78 Å². The van der Waals surface area contributed by atoms with Crippen LogP contribution in [0, 0.1) is 13.8 Å². The zero-order valence-electron chi connectivity index (χ0n) is 7.40. The average Bonchev–Trinajstić information content (AvgIpc) is 2.33. The summed E-state index contributed by atoms with van der Waals surface area (Å²) < 4.78 is 1.84. The minimum Gasteiger partial charge on any atom is -1.00 e. The van der Waals surface area contributed by atoms with Crippen LogP contribution >= 0.6 is 0 Å². The molecule has 6 heteroatoms. The van der Waals surface area contributed by atoms with Gasteiger partial charge in [0.05, 0.1) is 5.69 Å². The second kappa shape index (κ2) is 3.29. The number of rotatable bonds is 0. The summed E-state index contributed by atoms with van der Waals surface area (Å²) in [6, 6.07) is 1.98. The zero-order chi connectivity index (χ0) is 8.72. The number of nitrogens with two attached hydrogens (primary N) is 1. The largest absolute Gasteiger partial charge is 1.00 e. The SMILES string of the molecule is Cc1cc(C)[n+]2cnn(N)c2n1.[Br-]. The average molecular weight is 244 g/mol. The first-order chi connectivity index (χ1) is 5.68. The van der Waals surface area contributed by atoms with Crippen LogP contribution in [0.4, 0.5) is 0 Å². The van der Waals surface area contributed by atoms with Crippen LogP contribution in [0.5, 0.6) is 0 Å². The number of nitrogens with zero attached hydrogens (tertiary/aromatic N) is 4. The smallest absolute Gasteiger partial charge is 0.409 e. The van der Waals surface area contributed by atoms with E-state index in [-0.39, 0.29) is 17.0 Å². The molecule has 0 spiro atoms. The third kappa shape index (κ3) is 1.49. The zero-order valence-corrected chi connectivity index (χ0v) is 8.98. The van der Waals surface area contributed by atoms with Gasteiger partial charge in [0.2, 0.25) is 6.33 Å². The van der Waals surface area contributed by atoms with Gasteiger partial charge in [-0.2, -0.15) is 4.40 Å². The fourth-order valence-corrected chi connectivity index (χ4v) is 1.24. The van der Waals surface area contributed by atoms with E-state index in [9.17, 15) is 0 Å². The molecule has 2 N–H and O–H groups in total. The molecule has 5 nitrogen and oxygen atoms in total. The van der Waals surface area contributed by atoms with Crippen molar-refractivity contribution in [3.63, 3.8) is 0 Å². The standard InChI is InChI=1S/C7H10N5.BrH/c1-5-3-6(2)11-4-9-12(8)7(11)10-5;/h3-4H,8H2,1-2H3;1H/q+1;/p-1. The van der Waals surface area contributed by atoms with Crippen LogP contribution in [0.25, 0.3) is 5.78 Å². The second-order valence-electron chi connectivity index (χ2n) is 2.78. The predicted octanol–water partition coefficient (Wildman–Crippen LogP) is -3.65. The van der Waals surface area contributed by atoms with Gasteiger partial charge < -0.3 is 17.0 Å². The van der Waals surface area contributed by atoms with Crippen LogP contribution in [-0.2, 0) is 0 Å². The lowest BCUT2D eigenvalue weighted by Gasteiger charge is -1.92. The lowest BCUT2D eigenvalue weighted by molar-refractivity contribution is -0.523.